The van der Waals surface area contributed by atoms with E-state index >= 15 is 0 Å². The summed E-state index contributed by atoms with van der Waals surface area (Å²) in [5, 5.41) is 8.82. The fourth-order valence-electron chi connectivity index (χ4n) is 2.11. The first kappa shape index (κ1) is 14.5. The molecule has 0 aliphatic rings. The summed E-state index contributed by atoms with van der Waals surface area (Å²) >= 11 is 0. The van der Waals surface area contributed by atoms with E-state index in [1.165, 1.54) is 4.68 Å². The van der Waals surface area contributed by atoms with E-state index in [1.54, 1.807) is 49.8 Å². The van der Waals surface area contributed by atoms with Gasteiger partial charge in [0.05, 0.1) is 29.2 Å². The van der Waals surface area contributed by atoms with Crippen LogP contribution in [0.3, 0.4) is 0 Å². The number of anilines is 1. The zero-order chi connectivity index (χ0) is 16.2. The summed E-state index contributed by atoms with van der Waals surface area (Å²) in [4.78, 5) is 20.6. The van der Waals surface area contributed by atoms with Crippen LogP contribution in [0.2, 0.25) is 0 Å². The summed E-state index contributed by atoms with van der Waals surface area (Å²) < 4.78 is 1.38. The van der Waals surface area contributed by atoms with Crippen LogP contribution in [0.1, 0.15) is 11.3 Å². The molecule has 0 fully saturated rings. The molecule has 2 heterocycles. The van der Waals surface area contributed by atoms with E-state index in [4.69, 9.17) is 5.26 Å². The van der Waals surface area contributed by atoms with E-state index in [0.29, 0.717) is 22.6 Å². The fraction of sp³-hybridized carbons (Fsp3) is 0.0588. The standard InChI is InChI=1S/C17H13N5O/c1-12-17(23)22(21-15-6-4-13(9-18)5-7-15)11-16(20-12)14-3-2-8-19-10-14/h2-8,10-11,21H,1H3. The maximum absolute atomic E-state index is 12.2. The minimum absolute atomic E-state index is 0.234. The molecule has 23 heavy (non-hydrogen) atoms. The van der Waals surface area contributed by atoms with Crippen LogP contribution in [0.5, 0.6) is 0 Å². The third kappa shape index (κ3) is 3.09. The second kappa shape index (κ2) is 6.12. The zero-order valence-electron chi connectivity index (χ0n) is 12.4. The Morgan fingerprint density at radius 3 is 2.65 bits per heavy atom. The number of hydrogen-bond donors (Lipinski definition) is 1. The van der Waals surface area contributed by atoms with Gasteiger partial charge in [0.1, 0.15) is 5.69 Å². The Labute approximate surface area is 132 Å². The lowest BCUT2D eigenvalue weighted by Gasteiger charge is -2.12. The molecule has 6 heteroatoms. The predicted molar refractivity (Wildman–Crippen MR) is 86.6 cm³/mol. The molecular weight excluding hydrogens is 290 g/mol. The van der Waals surface area contributed by atoms with Gasteiger partial charge in [0, 0.05) is 18.0 Å². The molecule has 0 spiro atoms. The third-order valence-corrected chi connectivity index (χ3v) is 3.29. The highest BCUT2D eigenvalue weighted by molar-refractivity contribution is 5.57. The molecule has 0 atom stereocenters. The van der Waals surface area contributed by atoms with Crippen molar-refractivity contribution in [2.75, 3.05) is 5.43 Å². The maximum atomic E-state index is 12.2. The summed E-state index contributed by atoms with van der Waals surface area (Å²) in [7, 11) is 0. The molecule has 0 aliphatic carbocycles. The minimum atomic E-state index is -0.234. The van der Waals surface area contributed by atoms with Gasteiger partial charge in [-0.2, -0.15) is 5.26 Å². The normalized spacial score (nSPS) is 10.1. The first-order valence-corrected chi connectivity index (χ1v) is 6.95. The summed E-state index contributed by atoms with van der Waals surface area (Å²) in [5.41, 5.74) is 5.89. The molecule has 0 radical (unpaired) electrons. The SMILES string of the molecule is Cc1nc(-c2cccnc2)cn(Nc2ccc(C#N)cc2)c1=O. The van der Waals surface area contributed by atoms with Crippen LogP contribution < -0.4 is 11.0 Å². The molecule has 3 aromatic rings. The van der Waals surface area contributed by atoms with Gasteiger partial charge >= 0.3 is 0 Å². The first-order chi connectivity index (χ1) is 11.2. The molecule has 0 aliphatic heterocycles. The molecule has 2 aromatic heterocycles. The van der Waals surface area contributed by atoms with Crippen LogP contribution in [0, 0.1) is 18.3 Å². The van der Waals surface area contributed by atoms with E-state index < -0.39 is 0 Å². The van der Waals surface area contributed by atoms with Crippen LogP contribution in [-0.4, -0.2) is 14.6 Å². The smallest absolute Gasteiger partial charge is 0.290 e. The number of aromatic nitrogens is 3. The minimum Gasteiger partial charge on any atom is -0.292 e. The monoisotopic (exact) mass is 303 g/mol. The lowest BCUT2D eigenvalue weighted by molar-refractivity contribution is 0.859. The van der Waals surface area contributed by atoms with Crippen molar-refractivity contribution in [1.29, 1.82) is 5.26 Å². The van der Waals surface area contributed by atoms with Gasteiger partial charge in [-0.05, 0) is 43.3 Å². The van der Waals surface area contributed by atoms with Crippen molar-refractivity contribution in [2.24, 2.45) is 0 Å². The van der Waals surface area contributed by atoms with Gasteiger partial charge in [-0.3, -0.25) is 15.2 Å². The Morgan fingerprint density at radius 1 is 1.22 bits per heavy atom. The average molecular weight is 303 g/mol. The molecule has 6 nitrogen and oxygen atoms in total. The molecule has 1 N–H and O–H groups in total. The highest BCUT2D eigenvalue weighted by Gasteiger charge is 2.07. The van der Waals surface area contributed by atoms with Gasteiger partial charge in [0.15, 0.2) is 0 Å². The van der Waals surface area contributed by atoms with Crippen molar-refractivity contribution in [3.05, 3.63) is 76.6 Å². The van der Waals surface area contributed by atoms with E-state index in [0.717, 1.165) is 5.56 Å². The van der Waals surface area contributed by atoms with Crippen molar-refractivity contribution in [3.63, 3.8) is 0 Å². The Bertz CT molecular complexity index is 924. The average Bonchev–Trinajstić information content (AvgIpc) is 2.60. The van der Waals surface area contributed by atoms with Gasteiger partial charge in [0.25, 0.3) is 5.56 Å². The molecule has 0 saturated heterocycles. The molecule has 0 saturated carbocycles. The highest BCUT2D eigenvalue weighted by atomic mass is 16.1. The lowest BCUT2D eigenvalue weighted by Crippen LogP contribution is -2.28. The zero-order valence-corrected chi connectivity index (χ0v) is 12.4. The summed E-state index contributed by atoms with van der Waals surface area (Å²) in [6.45, 7) is 1.67. The number of pyridine rings is 1. The number of benzene rings is 1. The molecule has 0 unspecified atom stereocenters. The largest absolute Gasteiger partial charge is 0.292 e. The third-order valence-electron chi connectivity index (χ3n) is 3.29. The second-order valence-corrected chi connectivity index (χ2v) is 4.93. The van der Waals surface area contributed by atoms with Gasteiger partial charge in [0.2, 0.25) is 0 Å². The summed E-state index contributed by atoms with van der Waals surface area (Å²) in [5.74, 6) is 0. The molecule has 1 aromatic carbocycles. The molecular formula is C17H13N5O. The van der Waals surface area contributed by atoms with Crippen LogP contribution in [0.15, 0.2) is 59.8 Å². The number of hydrogen-bond acceptors (Lipinski definition) is 5. The molecule has 0 amide bonds. The topological polar surface area (TPSA) is 83.6 Å². The fourth-order valence-corrected chi connectivity index (χ4v) is 2.11. The molecule has 0 bridgehead atoms. The summed E-state index contributed by atoms with van der Waals surface area (Å²) in [6.07, 6.45) is 5.00. The highest BCUT2D eigenvalue weighted by Crippen LogP contribution is 2.15. The number of aryl methyl sites for hydroxylation is 1. The molecule has 3 rings (SSSR count). The second-order valence-electron chi connectivity index (χ2n) is 4.93. The predicted octanol–water partition coefficient (Wildman–Crippen LogP) is 2.36. The van der Waals surface area contributed by atoms with Crippen LogP contribution >= 0.6 is 0 Å². The van der Waals surface area contributed by atoms with Crippen LogP contribution in [-0.2, 0) is 0 Å². The Kier molecular flexibility index (Phi) is 3.85. The van der Waals surface area contributed by atoms with Crippen molar-refractivity contribution >= 4 is 5.69 Å². The van der Waals surface area contributed by atoms with Crippen molar-refractivity contribution in [2.45, 2.75) is 6.92 Å². The van der Waals surface area contributed by atoms with Crippen molar-refractivity contribution in [1.82, 2.24) is 14.6 Å². The van der Waals surface area contributed by atoms with E-state index in [2.05, 4.69) is 21.5 Å². The first-order valence-electron chi connectivity index (χ1n) is 6.95. The van der Waals surface area contributed by atoms with E-state index in [9.17, 15) is 4.79 Å². The molecule has 112 valence electrons. The quantitative estimate of drug-likeness (QED) is 0.803. The van der Waals surface area contributed by atoms with Crippen LogP contribution in [0.4, 0.5) is 5.69 Å². The number of nitriles is 1. The summed E-state index contributed by atoms with van der Waals surface area (Å²) in [6, 6.07) is 12.6. The van der Waals surface area contributed by atoms with Crippen molar-refractivity contribution < 1.29 is 0 Å². The lowest BCUT2D eigenvalue weighted by atomic mass is 10.2. The Morgan fingerprint density at radius 2 is 2.00 bits per heavy atom. The Balaban J connectivity index is 2.00. The van der Waals surface area contributed by atoms with Crippen molar-refractivity contribution in [3.8, 4) is 17.3 Å². The number of rotatable bonds is 3. The maximum Gasteiger partial charge on any atom is 0.290 e. The van der Waals surface area contributed by atoms with Gasteiger partial charge < -0.3 is 0 Å². The van der Waals surface area contributed by atoms with Gasteiger partial charge in [-0.25, -0.2) is 9.66 Å². The van der Waals surface area contributed by atoms with Gasteiger partial charge in [-0.15, -0.1) is 0 Å². The Hall–Kier alpha value is -3.46. The van der Waals surface area contributed by atoms with Gasteiger partial charge in [-0.1, -0.05) is 0 Å². The van der Waals surface area contributed by atoms with E-state index in [-0.39, 0.29) is 5.56 Å². The number of nitrogens with one attached hydrogen (secondary N) is 1. The van der Waals surface area contributed by atoms with E-state index in [1.807, 2.05) is 12.1 Å². The number of nitrogens with zero attached hydrogens (tertiary/aromatic N) is 4. The van der Waals surface area contributed by atoms with Crippen LogP contribution in [0.25, 0.3) is 11.3 Å².